The van der Waals surface area contributed by atoms with Crippen LogP contribution in [0.25, 0.3) is 0 Å². The first-order chi connectivity index (χ1) is 4.02. The van der Waals surface area contributed by atoms with E-state index in [0.29, 0.717) is 0 Å². The summed E-state index contributed by atoms with van der Waals surface area (Å²) >= 11 is 4.59. The van der Waals surface area contributed by atoms with E-state index in [-0.39, 0.29) is 11.1 Å². The Labute approximate surface area is 58.4 Å². The maximum absolute atomic E-state index is 10.7. The highest BCUT2D eigenvalue weighted by molar-refractivity contribution is 7.80. The van der Waals surface area contributed by atoms with Crippen molar-refractivity contribution in [2.75, 3.05) is 0 Å². The van der Waals surface area contributed by atoms with Crippen LogP contribution in [0.1, 0.15) is 13.8 Å². The van der Waals surface area contributed by atoms with Crippen LogP contribution in [0.4, 0.5) is 0 Å². The number of carbonyl (C=O) groups excluding carboxylic acids is 1. The van der Waals surface area contributed by atoms with Crippen molar-refractivity contribution in [3.8, 4) is 0 Å². The Bertz CT molecular complexity index is 176. The van der Waals surface area contributed by atoms with Crippen LogP contribution in [0.5, 0.6) is 0 Å². The normalized spacial score (nSPS) is 23.3. The quantitative estimate of drug-likeness (QED) is 0.390. The maximum atomic E-state index is 10.7. The summed E-state index contributed by atoms with van der Waals surface area (Å²) in [6, 6.07) is 0. The van der Waals surface area contributed by atoms with E-state index in [1.165, 1.54) is 0 Å². The van der Waals surface area contributed by atoms with Crippen molar-refractivity contribution in [1.82, 2.24) is 5.32 Å². The molecule has 0 aromatic carbocycles. The van der Waals surface area contributed by atoms with Crippen molar-refractivity contribution in [2.45, 2.75) is 19.4 Å². The van der Waals surface area contributed by atoms with E-state index in [1.807, 2.05) is 0 Å². The Morgan fingerprint density at radius 3 is 2.33 bits per heavy atom. The molecular weight excluding hydrogens is 138 g/mol. The number of rotatable bonds is 0. The van der Waals surface area contributed by atoms with E-state index < -0.39 is 5.54 Å². The summed E-state index contributed by atoms with van der Waals surface area (Å²) < 4.78 is 4.56. The number of carbonyl (C=O) groups is 1. The Balaban J connectivity index is 2.81. The van der Waals surface area contributed by atoms with Crippen molar-refractivity contribution >= 4 is 23.4 Å². The minimum absolute atomic E-state index is 0.171. The fourth-order valence-electron chi connectivity index (χ4n) is 0.543. The van der Waals surface area contributed by atoms with Gasteiger partial charge in [-0.2, -0.15) is 0 Å². The van der Waals surface area contributed by atoms with Crippen molar-refractivity contribution in [3.05, 3.63) is 0 Å². The number of esters is 1. The molecule has 0 radical (unpaired) electrons. The highest BCUT2D eigenvalue weighted by Gasteiger charge is 2.37. The van der Waals surface area contributed by atoms with Gasteiger partial charge in [-0.25, -0.2) is 4.79 Å². The molecule has 1 aliphatic rings. The van der Waals surface area contributed by atoms with Crippen LogP contribution in [0, 0.1) is 0 Å². The monoisotopic (exact) mass is 145 g/mol. The lowest BCUT2D eigenvalue weighted by atomic mass is 10.1. The lowest BCUT2D eigenvalue weighted by molar-refractivity contribution is -0.137. The summed E-state index contributed by atoms with van der Waals surface area (Å²) in [5, 5.41) is 2.87. The summed E-state index contributed by atoms with van der Waals surface area (Å²) in [5.74, 6) is -0.312. The lowest BCUT2D eigenvalue weighted by Gasteiger charge is -2.09. The molecule has 0 bridgehead atoms. The van der Waals surface area contributed by atoms with Crippen molar-refractivity contribution in [1.29, 1.82) is 0 Å². The van der Waals surface area contributed by atoms with Crippen molar-refractivity contribution in [3.63, 3.8) is 0 Å². The van der Waals surface area contributed by atoms with Gasteiger partial charge in [-0.15, -0.1) is 0 Å². The molecule has 0 unspecified atom stereocenters. The van der Waals surface area contributed by atoms with Crippen LogP contribution in [0.2, 0.25) is 0 Å². The minimum Gasteiger partial charge on any atom is -0.397 e. The van der Waals surface area contributed by atoms with E-state index >= 15 is 0 Å². The van der Waals surface area contributed by atoms with Crippen LogP contribution in [-0.4, -0.2) is 16.7 Å². The second-order valence-electron chi connectivity index (χ2n) is 2.43. The summed E-state index contributed by atoms with van der Waals surface area (Å²) in [4.78, 5) is 10.7. The molecule has 1 fully saturated rings. The van der Waals surface area contributed by atoms with E-state index in [2.05, 4.69) is 22.3 Å². The molecule has 9 heavy (non-hydrogen) atoms. The van der Waals surface area contributed by atoms with Gasteiger partial charge in [0.25, 0.3) is 5.17 Å². The van der Waals surface area contributed by atoms with Crippen LogP contribution < -0.4 is 5.32 Å². The van der Waals surface area contributed by atoms with Gasteiger partial charge in [0.15, 0.2) is 0 Å². The Kier molecular flexibility index (Phi) is 1.20. The number of hydrogen-bond acceptors (Lipinski definition) is 3. The largest absolute Gasteiger partial charge is 0.397 e. The topological polar surface area (TPSA) is 38.3 Å². The van der Waals surface area contributed by atoms with Gasteiger partial charge in [0.2, 0.25) is 0 Å². The molecule has 1 aliphatic heterocycles. The van der Waals surface area contributed by atoms with Gasteiger partial charge in [0, 0.05) is 0 Å². The van der Waals surface area contributed by atoms with E-state index in [4.69, 9.17) is 0 Å². The van der Waals surface area contributed by atoms with Gasteiger partial charge in [0.1, 0.15) is 5.54 Å². The van der Waals surface area contributed by atoms with Gasteiger partial charge >= 0.3 is 5.97 Å². The van der Waals surface area contributed by atoms with E-state index in [1.54, 1.807) is 13.8 Å². The molecule has 50 valence electrons. The van der Waals surface area contributed by atoms with Gasteiger partial charge in [-0.3, -0.25) is 0 Å². The van der Waals surface area contributed by atoms with Gasteiger partial charge in [-0.1, -0.05) is 0 Å². The third-order valence-corrected chi connectivity index (χ3v) is 1.30. The molecule has 1 N–H and O–H groups in total. The molecule has 0 spiro atoms. The highest BCUT2D eigenvalue weighted by atomic mass is 32.1. The molecular formula is C5H7NO2S. The van der Waals surface area contributed by atoms with Crippen LogP contribution >= 0.6 is 12.2 Å². The zero-order chi connectivity index (χ0) is 7.07. The Morgan fingerprint density at radius 1 is 1.67 bits per heavy atom. The number of ether oxygens (including phenoxy) is 1. The molecule has 0 aromatic heterocycles. The summed E-state index contributed by atoms with van der Waals surface area (Å²) in [7, 11) is 0. The predicted octanol–water partition coefficient (Wildman–Crippen LogP) is 0.196. The summed E-state index contributed by atoms with van der Waals surface area (Å²) in [6.07, 6.45) is 0. The Hall–Kier alpha value is -0.640. The molecule has 0 aliphatic carbocycles. The summed E-state index contributed by atoms with van der Waals surface area (Å²) in [6.45, 7) is 3.43. The molecule has 0 saturated carbocycles. The fourth-order valence-corrected chi connectivity index (χ4v) is 0.874. The van der Waals surface area contributed by atoms with Crippen molar-refractivity contribution < 1.29 is 9.53 Å². The van der Waals surface area contributed by atoms with Gasteiger partial charge in [0.05, 0.1) is 0 Å². The standard InChI is InChI=1S/C5H7NO2S/c1-5(2)3(7)8-4(9)6-5/h1-2H3,(H,6,9). The zero-order valence-corrected chi connectivity index (χ0v) is 6.04. The molecule has 1 heterocycles. The first-order valence-electron chi connectivity index (χ1n) is 2.57. The van der Waals surface area contributed by atoms with E-state index in [9.17, 15) is 4.79 Å². The van der Waals surface area contributed by atoms with Gasteiger partial charge in [-0.05, 0) is 26.1 Å². The minimum atomic E-state index is -0.628. The number of nitrogens with one attached hydrogen (secondary N) is 1. The maximum Gasteiger partial charge on any atom is 0.338 e. The molecule has 1 saturated heterocycles. The summed E-state index contributed by atoms with van der Waals surface area (Å²) in [5.41, 5.74) is -0.628. The SMILES string of the molecule is CC1(C)NC(=S)OC1=O. The second kappa shape index (κ2) is 1.67. The van der Waals surface area contributed by atoms with Gasteiger partial charge < -0.3 is 10.1 Å². The number of cyclic esters (lactones) is 1. The number of thiocarbonyl (C=S) groups is 1. The first kappa shape index (κ1) is 6.48. The molecule has 1 rings (SSSR count). The number of hydrogen-bond donors (Lipinski definition) is 1. The van der Waals surface area contributed by atoms with Crippen LogP contribution in [-0.2, 0) is 9.53 Å². The predicted molar refractivity (Wildman–Crippen MR) is 35.9 cm³/mol. The molecule has 0 amide bonds. The highest BCUT2D eigenvalue weighted by Crippen LogP contribution is 2.11. The zero-order valence-electron chi connectivity index (χ0n) is 5.22. The van der Waals surface area contributed by atoms with E-state index in [0.717, 1.165) is 0 Å². The lowest BCUT2D eigenvalue weighted by Crippen LogP contribution is -2.39. The third kappa shape index (κ3) is 1.03. The molecule has 0 atom stereocenters. The molecule has 4 heteroatoms. The smallest absolute Gasteiger partial charge is 0.338 e. The second-order valence-corrected chi connectivity index (χ2v) is 2.80. The Morgan fingerprint density at radius 2 is 2.22 bits per heavy atom. The average Bonchev–Trinajstić information content (AvgIpc) is 1.79. The van der Waals surface area contributed by atoms with Crippen LogP contribution in [0.15, 0.2) is 0 Å². The fraction of sp³-hybridized carbons (Fsp3) is 0.600. The van der Waals surface area contributed by atoms with Crippen LogP contribution in [0.3, 0.4) is 0 Å². The third-order valence-electron chi connectivity index (χ3n) is 1.11. The van der Waals surface area contributed by atoms with Crippen molar-refractivity contribution in [2.24, 2.45) is 0 Å². The molecule has 0 aromatic rings. The first-order valence-corrected chi connectivity index (χ1v) is 2.97. The molecule has 3 nitrogen and oxygen atoms in total. The average molecular weight is 145 g/mol.